The minimum absolute atomic E-state index is 0.00103. The van der Waals surface area contributed by atoms with E-state index in [0.29, 0.717) is 5.56 Å². The van der Waals surface area contributed by atoms with Crippen LogP contribution in [0.25, 0.3) is 5.57 Å². The Morgan fingerprint density at radius 2 is 2.18 bits per heavy atom. The Labute approximate surface area is 103 Å². The van der Waals surface area contributed by atoms with E-state index < -0.39 is 12.0 Å². The molecule has 0 spiro atoms. The first kappa shape index (κ1) is 11.8. The van der Waals surface area contributed by atoms with E-state index in [4.69, 9.17) is 16.9 Å². The summed E-state index contributed by atoms with van der Waals surface area (Å²) in [5, 5.41) is 8.92. The highest BCUT2D eigenvalue weighted by atomic mass is 35.5. The van der Waals surface area contributed by atoms with Gasteiger partial charge >= 0.3 is 0 Å². The topological polar surface area (TPSA) is 23.8 Å². The lowest BCUT2D eigenvalue weighted by atomic mass is 9.94. The zero-order valence-electron chi connectivity index (χ0n) is 8.75. The molecule has 0 N–H and O–H groups in total. The highest BCUT2D eigenvalue weighted by Crippen LogP contribution is 2.33. The monoisotopic (exact) mass is 251 g/mol. The van der Waals surface area contributed by atoms with Crippen LogP contribution < -0.4 is 0 Å². The molecule has 0 fully saturated rings. The normalized spacial score (nSPS) is 19.3. The Kier molecular flexibility index (Phi) is 3.26. The van der Waals surface area contributed by atoms with Gasteiger partial charge in [-0.25, -0.2) is 8.78 Å². The summed E-state index contributed by atoms with van der Waals surface area (Å²) in [5.74, 6) is -0.593. The van der Waals surface area contributed by atoms with Gasteiger partial charge in [0.25, 0.3) is 0 Å². The maximum absolute atomic E-state index is 13.6. The van der Waals surface area contributed by atoms with Crippen molar-refractivity contribution in [1.29, 1.82) is 5.26 Å². The molecular formula is C13H8ClF2N. The predicted molar refractivity (Wildman–Crippen MR) is 62.8 cm³/mol. The molecule has 86 valence electrons. The number of hydrogen-bond acceptors (Lipinski definition) is 1. The van der Waals surface area contributed by atoms with Crippen LogP contribution in [0.4, 0.5) is 8.78 Å². The molecule has 0 bridgehead atoms. The van der Waals surface area contributed by atoms with Gasteiger partial charge in [0.05, 0.1) is 10.6 Å². The molecule has 1 aromatic carbocycles. The van der Waals surface area contributed by atoms with Crippen LogP contribution >= 0.6 is 11.6 Å². The molecular weight excluding hydrogens is 244 g/mol. The number of benzene rings is 1. The Morgan fingerprint density at radius 1 is 1.41 bits per heavy atom. The Hall–Kier alpha value is -1.66. The van der Waals surface area contributed by atoms with Gasteiger partial charge in [0, 0.05) is 12.0 Å². The van der Waals surface area contributed by atoms with Crippen molar-refractivity contribution in [2.45, 2.75) is 12.6 Å². The number of hydrogen-bond donors (Lipinski definition) is 0. The fourth-order valence-electron chi connectivity index (χ4n) is 1.74. The van der Waals surface area contributed by atoms with E-state index in [1.165, 1.54) is 30.4 Å². The summed E-state index contributed by atoms with van der Waals surface area (Å²) < 4.78 is 27.2. The van der Waals surface area contributed by atoms with E-state index in [9.17, 15) is 8.78 Å². The molecule has 0 aliphatic heterocycles. The first-order chi connectivity index (χ1) is 8.13. The van der Waals surface area contributed by atoms with Gasteiger partial charge in [-0.2, -0.15) is 5.26 Å². The number of nitriles is 1. The molecule has 0 saturated heterocycles. The Balaban J connectivity index is 2.51. The number of nitrogens with zero attached hydrogens (tertiary/aromatic N) is 1. The second kappa shape index (κ2) is 4.68. The largest absolute Gasteiger partial charge is 0.242 e. The Bertz CT molecular complexity index is 555. The summed E-state index contributed by atoms with van der Waals surface area (Å²) in [4.78, 5) is 0. The second-order valence-corrected chi connectivity index (χ2v) is 4.08. The van der Waals surface area contributed by atoms with Crippen molar-refractivity contribution in [3.8, 4) is 6.07 Å². The SMILES string of the molecule is N#Cc1ccc(C2=C(F)C=CCC2F)cc1Cl. The van der Waals surface area contributed by atoms with Gasteiger partial charge in [-0.15, -0.1) is 0 Å². The van der Waals surface area contributed by atoms with Gasteiger partial charge in [-0.05, 0) is 23.8 Å². The minimum Gasteiger partial charge on any atom is -0.242 e. The molecule has 0 saturated carbocycles. The molecule has 17 heavy (non-hydrogen) atoms. The highest BCUT2D eigenvalue weighted by Gasteiger charge is 2.21. The van der Waals surface area contributed by atoms with E-state index in [0.717, 1.165) is 0 Å². The summed E-state index contributed by atoms with van der Waals surface area (Å²) in [7, 11) is 0. The number of rotatable bonds is 1. The van der Waals surface area contributed by atoms with Crippen molar-refractivity contribution < 1.29 is 8.78 Å². The molecule has 1 unspecified atom stereocenters. The van der Waals surface area contributed by atoms with Crippen molar-refractivity contribution in [2.24, 2.45) is 0 Å². The molecule has 1 aliphatic carbocycles. The average molecular weight is 252 g/mol. The van der Waals surface area contributed by atoms with E-state index in [-0.39, 0.29) is 22.6 Å². The first-order valence-corrected chi connectivity index (χ1v) is 5.41. The smallest absolute Gasteiger partial charge is 0.132 e. The summed E-state index contributed by atoms with van der Waals surface area (Å²) in [6.45, 7) is 0. The maximum atomic E-state index is 13.6. The molecule has 4 heteroatoms. The van der Waals surface area contributed by atoms with Crippen LogP contribution in [0.2, 0.25) is 5.02 Å². The number of alkyl halides is 1. The fourth-order valence-corrected chi connectivity index (χ4v) is 1.96. The summed E-state index contributed by atoms with van der Waals surface area (Å²) in [6.07, 6.45) is 1.48. The van der Waals surface area contributed by atoms with Gasteiger partial charge in [0.1, 0.15) is 18.1 Å². The molecule has 0 amide bonds. The molecule has 1 aliphatic rings. The standard InChI is InChI=1S/C13H8ClF2N/c14-10-6-8(4-5-9(10)7-17)13-11(15)2-1-3-12(13)16/h1-2,4-6,12H,3H2. The molecule has 0 radical (unpaired) electrons. The second-order valence-electron chi connectivity index (χ2n) is 3.67. The summed E-state index contributed by atoms with van der Waals surface area (Å²) >= 11 is 5.84. The third-order valence-corrected chi connectivity index (χ3v) is 2.89. The van der Waals surface area contributed by atoms with Crippen molar-refractivity contribution in [1.82, 2.24) is 0 Å². The van der Waals surface area contributed by atoms with E-state index in [1.807, 2.05) is 6.07 Å². The average Bonchev–Trinajstić information content (AvgIpc) is 2.29. The Morgan fingerprint density at radius 3 is 2.76 bits per heavy atom. The van der Waals surface area contributed by atoms with Gasteiger partial charge in [-0.3, -0.25) is 0 Å². The quantitative estimate of drug-likeness (QED) is 0.734. The van der Waals surface area contributed by atoms with Gasteiger partial charge in [0.15, 0.2) is 0 Å². The van der Waals surface area contributed by atoms with Crippen molar-refractivity contribution in [3.05, 3.63) is 52.3 Å². The van der Waals surface area contributed by atoms with Gasteiger partial charge in [-0.1, -0.05) is 23.7 Å². The van der Waals surface area contributed by atoms with Crippen LogP contribution in [-0.4, -0.2) is 6.17 Å². The molecule has 1 nitrogen and oxygen atoms in total. The lowest BCUT2D eigenvalue weighted by Crippen LogP contribution is -2.07. The number of allylic oxidation sites excluding steroid dienone is 4. The fraction of sp³-hybridized carbons (Fsp3) is 0.154. The lowest BCUT2D eigenvalue weighted by molar-refractivity contribution is 0.406. The number of halogens is 3. The molecule has 2 rings (SSSR count). The highest BCUT2D eigenvalue weighted by molar-refractivity contribution is 6.31. The zero-order valence-corrected chi connectivity index (χ0v) is 9.51. The first-order valence-electron chi connectivity index (χ1n) is 5.04. The lowest BCUT2D eigenvalue weighted by Gasteiger charge is -2.16. The third-order valence-electron chi connectivity index (χ3n) is 2.58. The van der Waals surface area contributed by atoms with Gasteiger partial charge < -0.3 is 0 Å². The predicted octanol–water partition coefficient (Wildman–Crippen LogP) is 4.19. The molecule has 0 heterocycles. The van der Waals surface area contributed by atoms with Crippen molar-refractivity contribution >= 4 is 17.2 Å². The van der Waals surface area contributed by atoms with Crippen LogP contribution in [0.1, 0.15) is 17.5 Å². The van der Waals surface area contributed by atoms with Crippen molar-refractivity contribution in [3.63, 3.8) is 0 Å². The summed E-state index contributed by atoms with van der Waals surface area (Å²) in [6, 6.07) is 6.28. The van der Waals surface area contributed by atoms with Crippen molar-refractivity contribution in [2.75, 3.05) is 0 Å². The molecule has 1 atom stereocenters. The van der Waals surface area contributed by atoms with Crippen LogP contribution in [0.15, 0.2) is 36.2 Å². The van der Waals surface area contributed by atoms with E-state index >= 15 is 0 Å². The maximum Gasteiger partial charge on any atom is 0.132 e. The molecule has 0 aromatic heterocycles. The summed E-state index contributed by atoms with van der Waals surface area (Å²) in [5.41, 5.74) is 0.667. The van der Waals surface area contributed by atoms with Crippen LogP contribution in [-0.2, 0) is 0 Å². The van der Waals surface area contributed by atoms with Crippen LogP contribution in [0.5, 0.6) is 0 Å². The zero-order chi connectivity index (χ0) is 12.4. The third kappa shape index (κ3) is 2.22. The molecule has 1 aromatic rings. The van der Waals surface area contributed by atoms with Crippen LogP contribution in [0.3, 0.4) is 0 Å². The van der Waals surface area contributed by atoms with Crippen LogP contribution in [0, 0.1) is 11.3 Å². The minimum atomic E-state index is -1.37. The van der Waals surface area contributed by atoms with E-state index in [2.05, 4.69) is 0 Å². The van der Waals surface area contributed by atoms with Gasteiger partial charge in [0.2, 0.25) is 0 Å². The van der Waals surface area contributed by atoms with E-state index in [1.54, 1.807) is 0 Å².